The molecule has 5 heteroatoms. The summed E-state index contributed by atoms with van der Waals surface area (Å²) < 4.78 is 6.09. The summed E-state index contributed by atoms with van der Waals surface area (Å²) in [4.78, 5) is 23.9. The van der Waals surface area contributed by atoms with Gasteiger partial charge < -0.3 is 9.64 Å². The summed E-state index contributed by atoms with van der Waals surface area (Å²) in [7, 11) is 0. The van der Waals surface area contributed by atoms with Gasteiger partial charge in [0.05, 0.1) is 0 Å². The molecule has 1 amide bonds. The Bertz CT molecular complexity index is 699. The molecule has 5 aliphatic rings. The van der Waals surface area contributed by atoms with Crippen molar-refractivity contribution in [2.45, 2.75) is 77.7 Å². The summed E-state index contributed by atoms with van der Waals surface area (Å²) >= 11 is 0. The van der Waals surface area contributed by atoms with Gasteiger partial charge in [0.15, 0.2) is 0 Å². The summed E-state index contributed by atoms with van der Waals surface area (Å²) in [5.74, 6) is 4.56. The highest BCUT2D eigenvalue weighted by atomic mass is 16.5. The fraction of sp³-hybridized carbons (Fsp3) is 0.783. The van der Waals surface area contributed by atoms with Crippen molar-refractivity contribution in [3.63, 3.8) is 0 Å². The van der Waals surface area contributed by atoms with Gasteiger partial charge in [-0.15, -0.1) is 0 Å². The highest BCUT2D eigenvalue weighted by Crippen LogP contribution is 2.61. The van der Waals surface area contributed by atoms with Gasteiger partial charge in [-0.1, -0.05) is 0 Å². The van der Waals surface area contributed by atoms with Gasteiger partial charge in [-0.3, -0.25) is 4.79 Å². The molecule has 2 heterocycles. The lowest BCUT2D eigenvalue weighted by atomic mass is 9.49. The molecule has 4 aliphatic carbocycles. The maximum atomic E-state index is 13.1. The molecule has 0 unspecified atom stereocenters. The zero-order valence-corrected chi connectivity index (χ0v) is 17.3. The maximum absolute atomic E-state index is 13.1. The van der Waals surface area contributed by atoms with E-state index < -0.39 is 0 Å². The van der Waals surface area contributed by atoms with Gasteiger partial charge in [0.25, 0.3) is 0 Å². The van der Waals surface area contributed by atoms with Gasteiger partial charge in [0.1, 0.15) is 11.9 Å². The average Bonchev–Trinajstić information content (AvgIpc) is 2.59. The Kier molecular flexibility index (Phi) is 4.59. The molecular weight excluding hydrogens is 350 g/mol. The molecule has 4 saturated carbocycles. The molecule has 1 aromatic rings. The molecule has 4 bridgehead atoms. The second-order valence-corrected chi connectivity index (χ2v) is 10.2. The largest absolute Gasteiger partial charge is 0.474 e. The predicted octanol–water partition coefficient (Wildman–Crippen LogP) is 4.07. The number of carbonyl (C=O) groups excluding carboxylic acids is 1. The summed E-state index contributed by atoms with van der Waals surface area (Å²) in [5.41, 5.74) is 1.28. The molecule has 1 aliphatic heterocycles. The monoisotopic (exact) mass is 383 g/mol. The van der Waals surface area contributed by atoms with Crippen molar-refractivity contribution in [2.24, 2.45) is 23.2 Å². The van der Waals surface area contributed by atoms with Crippen molar-refractivity contribution in [2.75, 3.05) is 13.1 Å². The number of hydrogen-bond donors (Lipinski definition) is 0. The van der Waals surface area contributed by atoms with Gasteiger partial charge >= 0.3 is 0 Å². The number of amides is 1. The third-order valence-electron chi connectivity index (χ3n) is 7.72. The predicted molar refractivity (Wildman–Crippen MR) is 107 cm³/mol. The van der Waals surface area contributed by atoms with E-state index in [1.165, 1.54) is 38.5 Å². The fourth-order valence-corrected chi connectivity index (χ4v) is 7.08. The number of aromatic nitrogens is 2. The lowest BCUT2D eigenvalue weighted by Crippen LogP contribution is -2.49. The van der Waals surface area contributed by atoms with E-state index in [1.54, 1.807) is 0 Å². The van der Waals surface area contributed by atoms with Gasteiger partial charge in [0, 0.05) is 44.1 Å². The number of hydrogen-bond acceptors (Lipinski definition) is 4. The quantitative estimate of drug-likeness (QED) is 0.786. The molecule has 0 radical (unpaired) electrons. The zero-order chi connectivity index (χ0) is 19.3. The van der Waals surface area contributed by atoms with Crippen LogP contribution in [0.4, 0.5) is 0 Å². The minimum atomic E-state index is 0.150. The molecule has 5 nitrogen and oxygen atoms in total. The molecule has 28 heavy (non-hydrogen) atoms. The first-order valence-electron chi connectivity index (χ1n) is 11.2. The Morgan fingerprint density at radius 3 is 2.25 bits per heavy atom. The first kappa shape index (κ1) is 18.4. The van der Waals surface area contributed by atoms with Gasteiger partial charge in [0.2, 0.25) is 11.8 Å². The Morgan fingerprint density at radius 2 is 1.68 bits per heavy atom. The Labute approximate surface area is 168 Å². The highest BCUT2D eigenvalue weighted by molar-refractivity contribution is 5.77. The van der Waals surface area contributed by atoms with Crippen LogP contribution in [0.1, 0.15) is 69.3 Å². The number of ether oxygens (including phenoxy) is 1. The molecule has 5 fully saturated rings. The standard InChI is InChI=1S/C23H33N3O2/c1-15-7-21(25-16(2)24-15)28-20-3-5-26(6-4-20)22(27)14-23-11-17-8-18(12-23)10-19(9-17)13-23/h7,17-20H,3-6,8-14H2,1-2H3. The zero-order valence-electron chi connectivity index (χ0n) is 17.3. The maximum Gasteiger partial charge on any atom is 0.223 e. The smallest absolute Gasteiger partial charge is 0.223 e. The van der Waals surface area contributed by atoms with Crippen LogP contribution in [0.15, 0.2) is 6.07 Å². The lowest BCUT2D eigenvalue weighted by Gasteiger charge is -2.57. The van der Waals surface area contributed by atoms with Gasteiger partial charge in [-0.25, -0.2) is 4.98 Å². The van der Waals surface area contributed by atoms with Crippen LogP contribution >= 0.6 is 0 Å². The first-order valence-corrected chi connectivity index (χ1v) is 11.2. The van der Waals surface area contributed by atoms with Crippen molar-refractivity contribution >= 4 is 5.91 Å². The summed E-state index contributed by atoms with van der Waals surface area (Å²) in [6.07, 6.45) is 11.0. The molecule has 1 aromatic heterocycles. The van der Waals surface area contributed by atoms with Crippen LogP contribution in [0, 0.1) is 37.0 Å². The van der Waals surface area contributed by atoms with E-state index in [2.05, 4.69) is 14.9 Å². The molecule has 1 saturated heterocycles. The molecule has 0 aromatic carbocycles. The van der Waals surface area contributed by atoms with E-state index in [0.717, 1.165) is 61.6 Å². The number of carbonyl (C=O) groups is 1. The SMILES string of the molecule is Cc1cc(OC2CCN(C(=O)CC34CC5CC(CC(C5)C3)C4)CC2)nc(C)n1. The number of likely N-dealkylation sites (tertiary alicyclic amines) is 1. The van der Waals surface area contributed by atoms with Gasteiger partial charge in [-0.2, -0.15) is 4.98 Å². The van der Waals surface area contributed by atoms with Crippen LogP contribution in [0.3, 0.4) is 0 Å². The second kappa shape index (κ2) is 7.00. The number of rotatable bonds is 4. The summed E-state index contributed by atoms with van der Waals surface area (Å²) in [6.45, 7) is 5.50. The van der Waals surface area contributed by atoms with E-state index in [9.17, 15) is 4.79 Å². The van der Waals surface area contributed by atoms with Crippen LogP contribution in [-0.4, -0.2) is 40.0 Å². The van der Waals surface area contributed by atoms with Crippen molar-refractivity contribution in [3.8, 4) is 5.88 Å². The third kappa shape index (κ3) is 3.65. The Hall–Kier alpha value is -1.65. The second-order valence-electron chi connectivity index (χ2n) is 10.2. The molecule has 0 spiro atoms. The normalized spacial score (nSPS) is 34.6. The minimum absolute atomic E-state index is 0.150. The average molecular weight is 384 g/mol. The minimum Gasteiger partial charge on any atom is -0.474 e. The van der Waals surface area contributed by atoms with Crippen LogP contribution in [-0.2, 0) is 4.79 Å². The lowest BCUT2D eigenvalue weighted by molar-refractivity contribution is -0.141. The van der Waals surface area contributed by atoms with E-state index >= 15 is 0 Å². The molecule has 152 valence electrons. The topological polar surface area (TPSA) is 55.3 Å². The van der Waals surface area contributed by atoms with Crippen LogP contribution in [0.2, 0.25) is 0 Å². The number of piperidine rings is 1. The van der Waals surface area contributed by atoms with Crippen molar-refractivity contribution < 1.29 is 9.53 Å². The molecule has 0 N–H and O–H groups in total. The van der Waals surface area contributed by atoms with E-state index in [1.807, 2.05) is 19.9 Å². The highest BCUT2D eigenvalue weighted by Gasteiger charge is 2.51. The van der Waals surface area contributed by atoms with Crippen LogP contribution in [0.25, 0.3) is 0 Å². The molecule has 6 rings (SSSR count). The summed E-state index contributed by atoms with van der Waals surface area (Å²) in [5, 5.41) is 0. The fourth-order valence-electron chi connectivity index (χ4n) is 7.08. The number of nitrogens with zero attached hydrogens (tertiary/aromatic N) is 3. The van der Waals surface area contributed by atoms with Crippen LogP contribution < -0.4 is 4.74 Å². The third-order valence-corrected chi connectivity index (χ3v) is 7.72. The Balaban J connectivity index is 1.15. The van der Waals surface area contributed by atoms with Crippen LogP contribution in [0.5, 0.6) is 5.88 Å². The van der Waals surface area contributed by atoms with Gasteiger partial charge in [-0.05, 0) is 75.5 Å². The van der Waals surface area contributed by atoms with Crippen molar-refractivity contribution in [1.82, 2.24) is 14.9 Å². The van der Waals surface area contributed by atoms with E-state index in [0.29, 0.717) is 17.2 Å². The van der Waals surface area contributed by atoms with Crippen molar-refractivity contribution in [1.29, 1.82) is 0 Å². The first-order chi connectivity index (χ1) is 13.5. The molecular formula is C23H33N3O2. The van der Waals surface area contributed by atoms with Crippen molar-refractivity contribution in [3.05, 3.63) is 17.6 Å². The van der Waals surface area contributed by atoms with E-state index in [4.69, 9.17) is 4.74 Å². The molecule has 0 atom stereocenters. The Morgan fingerprint density at radius 1 is 1.07 bits per heavy atom. The summed E-state index contributed by atoms with van der Waals surface area (Å²) in [6, 6.07) is 1.90. The number of aryl methyl sites for hydroxylation is 2. The van der Waals surface area contributed by atoms with E-state index in [-0.39, 0.29) is 6.10 Å².